The van der Waals surface area contributed by atoms with Gasteiger partial charge in [-0.05, 0) is 30.3 Å². The van der Waals surface area contributed by atoms with Crippen LogP contribution in [0.5, 0.6) is 5.75 Å². The Morgan fingerprint density at radius 1 is 1.19 bits per heavy atom. The number of hydrogen-bond donors (Lipinski definition) is 1. The number of para-hydroxylation sites is 1. The molecule has 0 radical (unpaired) electrons. The molecule has 1 aliphatic rings. The molecule has 172 valence electrons. The van der Waals surface area contributed by atoms with Crippen LogP contribution in [0.15, 0.2) is 42.5 Å². The second kappa shape index (κ2) is 10.2. The molecule has 0 unspecified atom stereocenters. The van der Waals surface area contributed by atoms with E-state index in [2.05, 4.69) is 5.32 Å². The van der Waals surface area contributed by atoms with Gasteiger partial charge in [-0.3, -0.25) is 13.9 Å². The molecule has 1 fully saturated rings. The number of amides is 2. The molecule has 32 heavy (non-hydrogen) atoms. The molecule has 1 heterocycles. The molecule has 1 N–H and O–H groups in total. The fourth-order valence-electron chi connectivity index (χ4n) is 3.27. The summed E-state index contributed by atoms with van der Waals surface area (Å²) in [5.41, 5.74) is 0.741. The van der Waals surface area contributed by atoms with Gasteiger partial charge in [0.1, 0.15) is 12.3 Å². The maximum absolute atomic E-state index is 12.9. The third-order valence-electron chi connectivity index (χ3n) is 4.83. The van der Waals surface area contributed by atoms with Gasteiger partial charge in [0.25, 0.3) is 5.91 Å². The van der Waals surface area contributed by atoms with E-state index in [1.54, 1.807) is 35.2 Å². The minimum absolute atomic E-state index is 0.135. The lowest BCUT2D eigenvalue weighted by molar-refractivity contribution is -0.114. The molecule has 2 aromatic carbocycles. The van der Waals surface area contributed by atoms with Gasteiger partial charge in [-0.2, -0.15) is 0 Å². The summed E-state index contributed by atoms with van der Waals surface area (Å²) in [5.74, 6) is -0.615. The first kappa shape index (κ1) is 23.8. The van der Waals surface area contributed by atoms with Gasteiger partial charge >= 0.3 is 0 Å². The van der Waals surface area contributed by atoms with Crippen molar-refractivity contribution in [2.45, 2.75) is 0 Å². The quantitative estimate of drug-likeness (QED) is 0.650. The van der Waals surface area contributed by atoms with E-state index in [1.165, 1.54) is 19.2 Å². The predicted molar refractivity (Wildman–Crippen MR) is 122 cm³/mol. The predicted octanol–water partition coefficient (Wildman–Crippen LogP) is 2.23. The fraction of sp³-hybridized carbons (Fsp3) is 0.333. The number of rotatable bonds is 7. The highest BCUT2D eigenvalue weighted by Crippen LogP contribution is 2.32. The Labute approximate surface area is 191 Å². The van der Waals surface area contributed by atoms with Crippen molar-refractivity contribution >= 4 is 44.8 Å². The number of anilines is 2. The standard InChI is InChI=1S/C21H24ClN3O6S/c1-30-19-8-7-15(22)13-18(19)25(32(2,28)29)14-20(26)23-17-6-4-3-5-16(17)21(27)24-9-11-31-12-10-24/h3-8,13H,9-12,14H2,1-2H3,(H,23,26). The van der Waals surface area contributed by atoms with Crippen LogP contribution in [0.25, 0.3) is 0 Å². The van der Waals surface area contributed by atoms with Gasteiger partial charge in [-0.25, -0.2) is 8.42 Å². The number of nitrogens with one attached hydrogen (secondary N) is 1. The fourth-order valence-corrected chi connectivity index (χ4v) is 4.29. The van der Waals surface area contributed by atoms with Crippen molar-refractivity contribution in [2.24, 2.45) is 0 Å². The molecule has 1 aliphatic heterocycles. The van der Waals surface area contributed by atoms with Crippen LogP contribution in [0.1, 0.15) is 10.4 Å². The number of methoxy groups -OCH3 is 1. The lowest BCUT2D eigenvalue weighted by Crippen LogP contribution is -2.41. The van der Waals surface area contributed by atoms with Gasteiger partial charge in [-0.1, -0.05) is 23.7 Å². The van der Waals surface area contributed by atoms with Crippen LogP contribution < -0.4 is 14.4 Å². The third-order valence-corrected chi connectivity index (χ3v) is 6.19. The molecule has 2 amide bonds. The molecule has 11 heteroatoms. The van der Waals surface area contributed by atoms with E-state index >= 15 is 0 Å². The van der Waals surface area contributed by atoms with E-state index < -0.39 is 22.5 Å². The normalized spacial score (nSPS) is 14.0. The Hall–Kier alpha value is -2.82. The Balaban J connectivity index is 1.84. The lowest BCUT2D eigenvalue weighted by atomic mass is 10.1. The highest BCUT2D eigenvalue weighted by molar-refractivity contribution is 7.92. The summed E-state index contributed by atoms with van der Waals surface area (Å²) in [4.78, 5) is 27.4. The van der Waals surface area contributed by atoms with Crippen LogP contribution in [0.4, 0.5) is 11.4 Å². The summed E-state index contributed by atoms with van der Waals surface area (Å²) in [7, 11) is -2.46. The van der Waals surface area contributed by atoms with Gasteiger partial charge in [0.05, 0.1) is 43.5 Å². The highest BCUT2D eigenvalue weighted by Gasteiger charge is 2.26. The summed E-state index contributed by atoms with van der Waals surface area (Å²) in [5, 5.41) is 2.95. The van der Waals surface area contributed by atoms with E-state index in [0.29, 0.717) is 37.6 Å². The number of ether oxygens (including phenoxy) is 2. The Bertz CT molecular complexity index is 1100. The maximum atomic E-state index is 12.9. The maximum Gasteiger partial charge on any atom is 0.256 e. The first-order chi connectivity index (χ1) is 15.2. The summed E-state index contributed by atoms with van der Waals surface area (Å²) in [6.07, 6.45) is 0.983. The van der Waals surface area contributed by atoms with E-state index in [9.17, 15) is 18.0 Å². The second-order valence-electron chi connectivity index (χ2n) is 7.08. The van der Waals surface area contributed by atoms with Crippen LogP contribution in [-0.2, 0) is 19.6 Å². The molecule has 2 aromatic rings. The topological polar surface area (TPSA) is 105 Å². The summed E-state index contributed by atoms with van der Waals surface area (Å²) >= 11 is 6.04. The number of morpholine rings is 1. The largest absolute Gasteiger partial charge is 0.495 e. The molecule has 0 aliphatic carbocycles. The number of halogens is 1. The number of carbonyl (C=O) groups excluding carboxylic acids is 2. The first-order valence-electron chi connectivity index (χ1n) is 9.78. The molecule has 1 saturated heterocycles. The minimum atomic E-state index is -3.85. The van der Waals surface area contributed by atoms with Crippen molar-refractivity contribution < 1.29 is 27.5 Å². The van der Waals surface area contributed by atoms with E-state index in [-0.39, 0.29) is 22.4 Å². The van der Waals surface area contributed by atoms with Crippen molar-refractivity contribution in [1.82, 2.24) is 4.90 Å². The monoisotopic (exact) mass is 481 g/mol. The van der Waals surface area contributed by atoms with Gasteiger partial charge in [-0.15, -0.1) is 0 Å². The highest BCUT2D eigenvalue weighted by atomic mass is 35.5. The number of sulfonamides is 1. The summed E-state index contributed by atoms with van der Waals surface area (Å²) in [6.45, 7) is 1.28. The first-order valence-corrected chi connectivity index (χ1v) is 12.0. The van der Waals surface area contributed by atoms with Crippen molar-refractivity contribution in [3.63, 3.8) is 0 Å². The average molecular weight is 482 g/mol. The average Bonchev–Trinajstić information content (AvgIpc) is 2.77. The van der Waals surface area contributed by atoms with Crippen LogP contribution in [0.3, 0.4) is 0 Å². The molecular weight excluding hydrogens is 458 g/mol. The summed E-state index contributed by atoms with van der Waals surface area (Å²) in [6, 6.07) is 11.1. The number of carbonyl (C=O) groups is 2. The third kappa shape index (κ3) is 5.70. The van der Waals surface area contributed by atoms with Gasteiger partial charge in [0.2, 0.25) is 15.9 Å². The SMILES string of the molecule is COc1ccc(Cl)cc1N(CC(=O)Nc1ccccc1C(=O)N1CCOCC1)S(C)(=O)=O. The molecule has 0 spiro atoms. The van der Waals surface area contributed by atoms with Gasteiger partial charge in [0.15, 0.2) is 0 Å². The van der Waals surface area contributed by atoms with Crippen molar-refractivity contribution in [2.75, 3.05) is 55.8 Å². The zero-order valence-corrected chi connectivity index (χ0v) is 19.3. The molecular formula is C21H24ClN3O6S. The van der Waals surface area contributed by atoms with Crippen molar-refractivity contribution in [1.29, 1.82) is 0 Å². The Morgan fingerprint density at radius 3 is 2.53 bits per heavy atom. The zero-order valence-electron chi connectivity index (χ0n) is 17.7. The van der Waals surface area contributed by atoms with Crippen molar-refractivity contribution in [3.8, 4) is 5.75 Å². The lowest BCUT2D eigenvalue weighted by Gasteiger charge is -2.28. The Kier molecular flexibility index (Phi) is 7.60. The summed E-state index contributed by atoms with van der Waals surface area (Å²) < 4.78 is 36.3. The Morgan fingerprint density at radius 2 is 1.88 bits per heavy atom. The molecule has 0 aromatic heterocycles. The van der Waals surface area contributed by atoms with E-state index in [1.807, 2.05) is 0 Å². The number of benzene rings is 2. The van der Waals surface area contributed by atoms with Crippen LogP contribution in [0, 0.1) is 0 Å². The molecule has 0 bridgehead atoms. The van der Waals surface area contributed by atoms with Crippen LogP contribution >= 0.6 is 11.6 Å². The number of nitrogens with zero attached hydrogens (tertiary/aromatic N) is 2. The molecule has 9 nitrogen and oxygen atoms in total. The molecule has 0 atom stereocenters. The molecule has 3 rings (SSSR count). The molecule has 0 saturated carbocycles. The van der Waals surface area contributed by atoms with E-state index in [0.717, 1.165) is 10.6 Å². The smallest absolute Gasteiger partial charge is 0.256 e. The number of hydrogen-bond acceptors (Lipinski definition) is 6. The zero-order chi connectivity index (χ0) is 23.3. The van der Waals surface area contributed by atoms with Crippen molar-refractivity contribution in [3.05, 3.63) is 53.1 Å². The van der Waals surface area contributed by atoms with Gasteiger partial charge < -0.3 is 19.7 Å². The van der Waals surface area contributed by atoms with Crippen LogP contribution in [0.2, 0.25) is 5.02 Å². The van der Waals surface area contributed by atoms with E-state index in [4.69, 9.17) is 21.1 Å². The van der Waals surface area contributed by atoms with Gasteiger partial charge in [0, 0.05) is 18.1 Å². The minimum Gasteiger partial charge on any atom is -0.495 e. The van der Waals surface area contributed by atoms with Crippen LogP contribution in [-0.4, -0.2) is 71.3 Å². The second-order valence-corrected chi connectivity index (χ2v) is 9.43.